The Morgan fingerprint density at radius 2 is 1.81 bits per heavy atom. The zero-order valence-corrected chi connectivity index (χ0v) is 16.7. The van der Waals surface area contributed by atoms with E-state index in [-0.39, 0.29) is 5.91 Å². The number of nitrogens with zero attached hydrogens (tertiary/aromatic N) is 1. The molecule has 138 valence electrons. The van der Waals surface area contributed by atoms with Gasteiger partial charge in [-0.2, -0.15) is 0 Å². The van der Waals surface area contributed by atoms with Gasteiger partial charge in [0, 0.05) is 22.4 Å². The second-order valence-corrected chi connectivity index (χ2v) is 7.70. The maximum Gasteiger partial charge on any atom is 0.243 e. The molecule has 2 aromatic rings. The van der Waals surface area contributed by atoms with Crippen molar-refractivity contribution in [2.24, 2.45) is 0 Å². The van der Waals surface area contributed by atoms with Crippen molar-refractivity contribution in [2.45, 2.75) is 29.6 Å². The molecule has 0 saturated heterocycles. The molecule has 0 fully saturated rings. The van der Waals surface area contributed by atoms with Gasteiger partial charge in [-0.25, -0.2) is 0 Å². The van der Waals surface area contributed by atoms with E-state index >= 15 is 0 Å². The van der Waals surface area contributed by atoms with E-state index in [4.69, 9.17) is 0 Å². The summed E-state index contributed by atoms with van der Waals surface area (Å²) in [6, 6.07) is 16.6. The molecule has 0 unspecified atom stereocenters. The highest BCUT2D eigenvalue weighted by Crippen LogP contribution is 2.31. The van der Waals surface area contributed by atoms with Gasteiger partial charge >= 0.3 is 0 Å². The summed E-state index contributed by atoms with van der Waals surface area (Å²) in [6.45, 7) is 3.86. The second-order valence-electron chi connectivity index (χ2n) is 6.59. The van der Waals surface area contributed by atoms with Gasteiger partial charge in [0.05, 0.1) is 0 Å². The van der Waals surface area contributed by atoms with Crippen molar-refractivity contribution in [3.05, 3.63) is 65.7 Å². The van der Waals surface area contributed by atoms with E-state index in [1.54, 1.807) is 17.8 Å². The van der Waals surface area contributed by atoms with Gasteiger partial charge in [-0.05, 0) is 70.2 Å². The quantitative estimate of drug-likeness (QED) is 0.518. The smallest absolute Gasteiger partial charge is 0.243 e. The van der Waals surface area contributed by atoms with Gasteiger partial charge in [-0.15, -0.1) is 0 Å². The molecule has 0 aliphatic carbocycles. The Balaban J connectivity index is 1.89. The largest absolute Gasteiger partial charge is 0.353 e. The molecule has 1 N–H and O–H groups in total. The van der Waals surface area contributed by atoms with Crippen molar-refractivity contribution in [3.63, 3.8) is 0 Å². The van der Waals surface area contributed by atoms with Crippen LogP contribution in [0.5, 0.6) is 0 Å². The van der Waals surface area contributed by atoms with Crippen molar-refractivity contribution >= 4 is 23.7 Å². The van der Waals surface area contributed by atoms with Gasteiger partial charge in [0.25, 0.3) is 0 Å². The van der Waals surface area contributed by atoms with Gasteiger partial charge in [-0.1, -0.05) is 47.7 Å². The van der Waals surface area contributed by atoms with Gasteiger partial charge in [0.2, 0.25) is 5.91 Å². The molecule has 0 saturated carbocycles. The summed E-state index contributed by atoms with van der Waals surface area (Å²) >= 11 is 1.71. The van der Waals surface area contributed by atoms with Crippen LogP contribution in [0.3, 0.4) is 0 Å². The van der Waals surface area contributed by atoms with E-state index < -0.39 is 0 Å². The molecule has 2 rings (SSSR count). The predicted molar refractivity (Wildman–Crippen MR) is 112 cm³/mol. The molecule has 26 heavy (non-hydrogen) atoms. The minimum absolute atomic E-state index is 0.0370. The second kappa shape index (κ2) is 10.8. The Bertz CT molecular complexity index is 723. The van der Waals surface area contributed by atoms with Gasteiger partial charge in [0.15, 0.2) is 0 Å². The van der Waals surface area contributed by atoms with Gasteiger partial charge < -0.3 is 10.2 Å². The molecule has 0 aliphatic heterocycles. The molecule has 3 nitrogen and oxygen atoms in total. The predicted octanol–water partition coefficient (Wildman–Crippen LogP) is 4.62. The Labute approximate surface area is 161 Å². The first-order valence-electron chi connectivity index (χ1n) is 8.99. The van der Waals surface area contributed by atoms with Gasteiger partial charge in [-0.3, -0.25) is 4.79 Å². The number of hydrogen-bond acceptors (Lipinski definition) is 3. The van der Waals surface area contributed by atoms with Crippen LogP contribution in [0.25, 0.3) is 6.08 Å². The zero-order valence-electron chi connectivity index (χ0n) is 15.9. The van der Waals surface area contributed by atoms with E-state index in [1.807, 2.05) is 24.3 Å². The summed E-state index contributed by atoms with van der Waals surface area (Å²) in [5.41, 5.74) is 2.31. The number of unbranched alkanes of at least 4 members (excludes halogenated alkanes) is 1. The highest BCUT2D eigenvalue weighted by molar-refractivity contribution is 7.99. The fraction of sp³-hybridized carbons (Fsp3) is 0.318. The summed E-state index contributed by atoms with van der Waals surface area (Å²) in [7, 11) is 4.13. The normalized spacial score (nSPS) is 11.2. The highest BCUT2D eigenvalue weighted by atomic mass is 32.2. The Morgan fingerprint density at radius 3 is 2.54 bits per heavy atom. The number of carbonyl (C=O) groups excluding carboxylic acids is 1. The summed E-state index contributed by atoms with van der Waals surface area (Å²) < 4.78 is 0. The maximum atomic E-state index is 12.0. The molecule has 2 aromatic carbocycles. The average molecular weight is 369 g/mol. The number of amides is 1. The van der Waals surface area contributed by atoms with Crippen LogP contribution in [0.4, 0.5) is 0 Å². The number of aryl methyl sites for hydroxylation is 1. The van der Waals surface area contributed by atoms with E-state index in [2.05, 4.69) is 61.6 Å². The Morgan fingerprint density at radius 1 is 1.08 bits per heavy atom. The summed E-state index contributed by atoms with van der Waals surface area (Å²) in [6.07, 6.45) is 5.61. The summed E-state index contributed by atoms with van der Waals surface area (Å²) in [5, 5.41) is 2.95. The molecule has 0 atom stereocenters. The lowest BCUT2D eigenvalue weighted by molar-refractivity contribution is -0.116. The number of benzene rings is 2. The zero-order chi connectivity index (χ0) is 18.8. The molecule has 0 aromatic heterocycles. The molecule has 0 bridgehead atoms. The SMILES string of the molecule is Cc1ccc(Sc2ccccc2/C=C\C(=O)NCCCCN(C)C)cc1. The first kappa shape index (κ1) is 20.3. The number of rotatable bonds is 9. The van der Waals surface area contributed by atoms with Crippen LogP contribution in [-0.2, 0) is 4.79 Å². The van der Waals surface area contributed by atoms with Crippen molar-refractivity contribution in [1.82, 2.24) is 10.2 Å². The lowest BCUT2D eigenvalue weighted by Gasteiger charge is -2.09. The van der Waals surface area contributed by atoms with Crippen LogP contribution in [0.15, 0.2) is 64.4 Å². The highest BCUT2D eigenvalue weighted by Gasteiger charge is 2.03. The van der Waals surface area contributed by atoms with Crippen molar-refractivity contribution in [1.29, 1.82) is 0 Å². The van der Waals surface area contributed by atoms with Crippen LogP contribution < -0.4 is 5.32 Å². The summed E-state index contributed by atoms with van der Waals surface area (Å²) in [4.78, 5) is 16.5. The molecule has 0 spiro atoms. The van der Waals surface area contributed by atoms with E-state index in [1.165, 1.54) is 10.5 Å². The van der Waals surface area contributed by atoms with E-state index in [0.29, 0.717) is 0 Å². The topological polar surface area (TPSA) is 32.3 Å². The Kier molecular flexibility index (Phi) is 8.45. The maximum absolute atomic E-state index is 12.0. The van der Waals surface area contributed by atoms with Crippen LogP contribution >= 0.6 is 11.8 Å². The first-order valence-corrected chi connectivity index (χ1v) is 9.80. The van der Waals surface area contributed by atoms with Crippen LogP contribution in [0.1, 0.15) is 24.0 Å². The fourth-order valence-corrected chi connectivity index (χ4v) is 3.36. The Hall–Kier alpha value is -2.04. The number of hydrogen-bond donors (Lipinski definition) is 1. The van der Waals surface area contributed by atoms with E-state index in [0.717, 1.165) is 36.4 Å². The minimum Gasteiger partial charge on any atom is -0.353 e. The molecular weight excluding hydrogens is 340 g/mol. The average Bonchev–Trinajstić information content (AvgIpc) is 2.62. The molecule has 0 heterocycles. The number of carbonyl (C=O) groups is 1. The van der Waals surface area contributed by atoms with Crippen LogP contribution in [0, 0.1) is 6.92 Å². The van der Waals surface area contributed by atoms with E-state index in [9.17, 15) is 4.79 Å². The third-order valence-electron chi connectivity index (χ3n) is 3.91. The molecule has 1 amide bonds. The molecule has 4 heteroatoms. The third kappa shape index (κ3) is 7.46. The number of nitrogens with one attached hydrogen (secondary N) is 1. The summed E-state index contributed by atoms with van der Waals surface area (Å²) in [5.74, 6) is -0.0370. The van der Waals surface area contributed by atoms with Crippen molar-refractivity contribution in [3.8, 4) is 0 Å². The van der Waals surface area contributed by atoms with Crippen LogP contribution in [0.2, 0.25) is 0 Å². The monoisotopic (exact) mass is 368 g/mol. The molecule has 0 aliphatic rings. The van der Waals surface area contributed by atoms with Crippen molar-refractivity contribution in [2.75, 3.05) is 27.2 Å². The lowest BCUT2D eigenvalue weighted by atomic mass is 10.2. The fourth-order valence-electron chi connectivity index (χ4n) is 2.43. The third-order valence-corrected chi connectivity index (χ3v) is 5.01. The van der Waals surface area contributed by atoms with Gasteiger partial charge in [0.1, 0.15) is 0 Å². The minimum atomic E-state index is -0.0370. The standard InChI is InChI=1S/C22H28N2OS/c1-18-10-13-20(14-11-18)26-21-9-5-4-8-19(21)12-15-22(25)23-16-6-7-17-24(2)3/h4-5,8-15H,6-7,16-17H2,1-3H3,(H,23,25)/b15-12-. The molecular formula is C22H28N2OS. The first-order chi connectivity index (χ1) is 12.5. The van der Waals surface area contributed by atoms with Crippen LogP contribution in [-0.4, -0.2) is 38.0 Å². The molecule has 0 radical (unpaired) electrons. The van der Waals surface area contributed by atoms with Crippen molar-refractivity contribution < 1.29 is 4.79 Å². The lowest BCUT2D eigenvalue weighted by Crippen LogP contribution is -2.23.